The van der Waals surface area contributed by atoms with Gasteiger partial charge in [-0.1, -0.05) is 12.1 Å². The molecule has 0 saturated heterocycles. The molecule has 0 bridgehead atoms. The summed E-state index contributed by atoms with van der Waals surface area (Å²) in [5.41, 5.74) is 0.809. The maximum absolute atomic E-state index is 12.9. The predicted octanol–water partition coefficient (Wildman–Crippen LogP) is 4.24. The average molecular weight is 358 g/mol. The van der Waals surface area contributed by atoms with Crippen LogP contribution >= 0.6 is 11.6 Å². The van der Waals surface area contributed by atoms with E-state index < -0.39 is 0 Å². The first-order chi connectivity index (χ1) is 12.1. The minimum atomic E-state index is -0.321. The molecule has 25 heavy (non-hydrogen) atoms. The second kappa shape index (κ2) is 7.72. The van der Waals surface area contributed by atoms with Gasteiger partial charge in [-0.25, -0.2) is 14.4 Å². The van der Waals surface area contributed by atoms with E-state index >= 15 is 0 Å². The van der Waals surface area contributed by atoms with Gasteiger partial charge >= 0.3 is 0 Å². The number of benzene rings is 2. The molecule has 1 amide bonds. The van der Waals surface area contributed by atoms with E-state index in [4.69, 9.17) is 16.3 Å². The van der Waals surface area contributed by atoms with Gasteiger partial charge in [0, 0.05) is 6.20 Å². The SMILES string of the molecule is O=C(Cc1ccc(Oc2ccc(F)cc2)cc1)Nc1ccnc(Cl)n1. The van der Waals surface area contributed by atoms with E-state index in [1.165, 1.54) is 18.3 Å². The third-order valence-electron chi connectivity index (χ3n) is 3.23. The van der Waals surface area contributed by atoms with Crippen LogP contribution in [0.4, 0.5) is 10.2 Å². The monoisotopic (exact) mass is 357 g/mol. The van der Waals surface area contributed by atoms with Crippen LogP contribution in [-0.2, 0) is 11.2 Å². The summed E-state index contributed by atoms with van der Waals surface area (Å²) in [6, 6.07) is 14.4. The third kappa shape index (κ3) is 4.99. The lowest BCUT2D eigenvalue weighted by atomic mass is 10.1. The van der Waals surface area contributed by atoms with Crippen LogP contribution < -0.4 is 10.1 Å². The smallest absolute Gasteiger partial charge is 0.229 e. The van der Waals surface area contributed by atoms with Gasteiger partial charge in [-0.3, -0.25) is 4.79 Å². The Morgan fingerprint density at radius 1 is 1.04 bits per heavy atom. The average Bonchev–Trinajstić information content (AvgIpc) is 2.59. The van der Waals surface area contributed by atoms with Gasteiger partial charge < -0.3 is 10.1 Å². The van der Waals surface area contributed by atoms with E-state index in [0.717, 1.165) is 5.56 Å². The van der Waals surface area contributed by atoms with Gasteiger partial charge in [0.1, 0.15) is 23.1 Å². The number of hydrogen-bond acceptors (Lipinski definition) is 4. The fraction of sp³-hybridized carbons (Fsp3) is 0.0556. The summed E-state index contributed by atoms with van der Waals surface area (Å²) < 4.78 is 18.5. The van der Waals surface area contributed by atoms with E-state index in [1.807, 2.05) is 0 Å². The van der Waals surface area contributed by atoms with Crippen LogP contribution in [0.3, 0.4) is 0 Å². The number of amides is 1. The zero-order chi connectivity index (χ0) is 17.6. The van der Waals surface area contributed by atoms with Crippen molar-refractivity contribution in [2.45, 2.75) is 6.42 Å². The molecule has 7 heteroatoms. The Bertz CT molecular complexity index is 870. The van der Waals surface area contributed by atoms with Crippen LogP contribution in [0.5, 0.6) is 11.5 Å². The Morgan fingerprint density at radius 3 is 2.32 bits per heavy atom. The minimum absolute atomic E-state index is 0.0695. The first-order valence-corrected chi connectivity index (χ1v) is 7.77. The highest BCUT2D eigenvalue weighted by atomic mass is 35.5. The molecule has 0 unspecified atom stereocenters. The van der Waals surface area contributed by atoms with Crippen LogP contribution in [0.1, 0.15) is 5.56 Å². The maximum Gasteiger partial charge on any atom is 0.229 e. The second-order valence-electron chi connectivity index (χ2n) is 5.14. The van der Waals surface area contributed by atoms with Gasteiger partial charge in [0.05, 0.1) is 6.42 Å². The van der Waals surface area contributed by atoms with Gasteiger partial charge in [-0.05, 0) is 59.6 Å². The molecule has 0 saturated carbocycles. The van der Waals surface area contributed by atoms with Crippen LogP contribution in [-0.4, -0.2) is 15.9 Å². The summed E-state index contributed by atoms with van der Waals surface area (Å²) in [7, 11) is 0. The predicted molar refractivity (Wildman–Crippen MR) is 92.3 cm³/mol. The molecular formula is C18H13ClFN3O2. The van der Waals surface area contributed by atoms with Crippen molar-refractivity contribution in [1.29, 1.82) is 0 Å². The number of carbonyl (C=O) groups excluding carboxylic acids is 1. The molecule has 2 aromatic carbocycles. The largest absolute Gasteiger partial charge is 0.457 e. The number of anilines is 1. The molecule has 0 radical (unpaired) electrons. The van der Waals surface area contributed by atoms with Crippen LogP contribution in [0.2, 0.25) is 5.28 Å². The Labute approximate surface area is 148 Å². The molecule has 5 nitrogen and oxygen atoms in total. The van der Waals surface area contributed by atoms with Crippen LogP contribution in [0.25, 0.3) is 0 Å². The van der Waals surface area contributed by atoms with Gasteiger partial charge in [0.15, 0.2) is 0 Å². The van der Waals surface area contributed by atoms with Gasteiger partial charge in [-0.2, -0.15) is 0 Å². The van der Waals surface area contributed by atoms with E-state index in [1.54, 1.807) is 42.5 Å². The highest BCUT2D eigenvalue weighted by Gasteiger charge is 2.06. The van der Waals surface area contributed by atoms with E-state index in [-0.39, 0.29) is 23.4 Å². The van der Waals surface area contributed by atoms with Crippen molar-refractivity contribution < 1.29 is 13.9 Å². The first-order valence-electron chi connectivity index (χ1n) is 7.39. The Morgan fingerprint density at radius 2 is 1.68 bits per heavy atom. The summed E-state index contributed by atoms with van der Waals surface area (Å²) >= 11 is 5.67. The zero-order valence-electron chi connectivity index (χ0n) is 12.9. The number of ether oxygens (including phenoxy) is 1. The number of aromatic nitrogens is 2. The van der Waals surface area contributed by atoms with Crippen molar-refractivity contribution in [1.82, 2.24) is 9.97 Å². The van der Waals surface area contributed by atoms with Crippen LogP contribution in [0.15, 0.2) is 60.8 Å². The summed E-state index contributed by atoms with van der Waals surface area (Å²) in [4.78, 5) is 19.7. The van der Waals surface area contributed by atoms with E-state index in [2.05, 4.69) is 15.3 Å². The molecule has 1 aromatic heterocycles. The highest BCUT2D eigenvalue weighted by molar-refractivity contribution is 6.28. The summed E-state index contributed by atoms with van der Waals surface area (Å²) in [6.07, 6.45) is 1.64. The molecule has 0 spiro atoms. The normalized spacial score (nSPS) is 10.3. The minimum Gasteiger partial charge on any atom is -0.457 e. The zero-order valence-corrected chi connectivity index (χ0v) is 13.7. The van der Waals surface area contributed by atoms with Gasteiger partial charge in [0.2, 0.25) is 11.2 Å². The fourth-order valence-electron chi connectivity index (χ4n) is 2.09. The molecule has 0 fully saturated rings. The van der Waals surface area contributed by atoms with Crippen LogP contribution in [0, 0.1) is 5.82 Å². The van der Waals surface area contributed by atoms with Gasteiger partial charge in [0.25, 0.3) is 0 Å². The lowest BCUT2D eigenvalue weighted by molar-refractivity contribution is -0.115. The fourth-order valence-corrected chi connectivity index (χ4v) is 2.24. The Kier molecular flexibility index (Phi) is 5.20. The Balaban J connectivity index is 1.58. The van der Waals surface area contributed by atoms with Crippen molar-refractivity contribution in [3.63, 3.8) is 0 Å². The van der Waals surface area contributed by atoms with Gasteiger partial charge in [-0.15, -0.1) is 0 Å². The number of rotatable bonds is 5. The summed E-state index contributed by atoms with van der Waals surface area (Å²) in [6.45, 7) is 0. The number of nitrogens with one attached hydrogen (secondary N) is 1. The first kappa shape index (κ1) is 16.9. The molecule has 0 aliphatic rings. The van der Waals surface area contributed by atoms with Crippen molar-refractivity contribution >= 4 is 23.3 Å². The molecule has 0 aliphatic carbocycles. The molecule has 3 aromatic rings. The number of carbonyl (C=O) groups is 1. The van der Waals surface area contributed by atoms with E-state index in [9.17, 15) is 9.18 Å². The molecule has 1 heterocycles. The lowest BCUT2D eigenvalue weighted by Gasteiger charge is -2.07. The topological polar surface area (TPSA) is 64.1 Å². The molecule has 1 N–H and O–H groups in total. The second-order valence-corrected chi connectivity index (χ2v) is 5.47. The summed E-state index contributed by atoms with van der Waals surface area (Å²) in [5.74, 6) is 0.938. The quantitative estimate of drug-likeness (QED) is 0.693. The number of hydrogen-bond donors (Lipinski definition) is 1. The molecule has 0 atom stereocenters. The summed E-state index contributed by atoms with van der Waals surface area (Å²) in [5, 5.41) is 2.72. The van der Waals surface area contributed by atoms with Crippen molar-refractivity contribution in [3.8, 4) is 11.5 Å². The molecule has 0 aliphatic heterocycles. The van der Waals surface area contributed by atoms with E-state index in [0.29, 0.717) is 17.3 Å². The number of nitrogens with zero attached hydrogens (tertiary/aromatic N) is 2. The standard InChI is InChI=1S/C18H13ClFN3O2/c19-18-21-10-9-16(23-18)22-17(24)11-12-1-5-14(6-2-12)25-15-7-3-13(20)4-8-15/h1-10H,11H2,(H,21,22,23,24). The Hall–Kier alpha value is -2.99. The number of halogens is 2. The van der Waals surface area contributed by atoms with Crippen molar-refractivity contribution in [2.75, 3.05) is 5.32 Å². The van der Waals surface area contributed by atoms with Crippen molar-refractivity contribution in [2.24, 2.45) is 0 Å². The third-order valence-corrected chi connectivity index (χ3v) is 3.41. The molecule has 126 valence electrons. The lowest BCUT2D eigenvalue weighted by Crippen LogP contribution is -2.15. The van der Waals surface area contributed by atoms with Crippen molar-refractivity contribution in [3.05, 3.63) is 77.5 Å². The molecular weight excluding hydrogens is 345 g/mol. The highest BCUT2D eigenvalue weighted by Crippen LogP contribution is 2.22. The maximum atomic E-state index is 12.9. The molecule has 3 rings (SSSR count).